The Labute approximate surface area is 145 Å². The van der Waals surface area contributed by atoms with E-state index in [1.54, 1.807) is 12.1 Å². The number of carbonyl (C=O) groups excluding carboxylic acids is 2. The first kappa shape index (κ1) is 17.8. The van der Waals surface area contributed by atoms with Crippen molar-refractivity contribution in [2.75, 3.05) is 6.61 Å². The summed E-state index contributed by atoms with van der Waals surface area (Å²) >= 11 is 11.7. The summed E-state index contributed by atoms with van der Waals surface area (Å²) in [6.45, 7) is 3.79. The molecule has 1 aromatic rings. The molecule has 0 aliphatic heterocycles. The van der Waals surface area contributed by atoms with Crippen molar-refractivity contribution in [3.8, 4) is 5.75 Å². The third kappa shape index (κ3) is 5.52. The van der Waals surface area contributed by atoms with Gasteiger partial charge in [-0.05, 0) is 30.0 Å². The number of Topliss-reactive ketones (excluding diaryl/α,β-unsaturated/α-hetero) is 1. The molecule has 0 radical (unpaired) electrons. The molecule has 0 atom stereocenters. The molecule has 1 saturated carbocycles. The van der Waals surface area contributed by atoms with Gasteiger partial charge in [0.1, 0.15) is 11.5 Å². The van der Waals surface area contributed by atoms with Gasteiger partial charge in [-0.2, -0.15) is 5.10 Å². The summed E-state index contributed by atoms with van der Waals surface area (Å²) in [7, 11) is 0. The van der Waals surface area contributed by atoms with Crippen LogP contribution in [-0.2, 0) is 9.59 Å². The van der Waals surface area contributed by atoms with Crippen LogP contribution in [0.15, 0.2) is 23.3 Å². The fourth-order valence-electron chi connectivity index (χ4n) is 2.49. The Bertz CT molecular complexity index is 657. The Hall–Kier alpha value is -1.59. The molecule has 0 spiro atoms. The van der Waals surface area contributed by atoms with Crippen LogP contribution in [0, 0.1) is 5.41 Å². The largest absolute Gasteiger partial charge is 0.482 e. The first-order valence-electron chi connectivity index (χ1n) is 7.19. The van der Waals surface area contributed by atoms with E-state index in [-0.39, 0.29) is 24.2 Å². The van der Waals surface area contributed by atoms with Gasteiger partial charge in [-0.15, -0.1) is 0 Å². The summed E-state index contributed by atoms with van der Waals surface area (Å²) in [5.74, 6) is 0.0886. The summed E-state index contributed by atoms with van der Waals surface area (Å²) in [6.07, 6.45) is 1.51. The molecule has 0 bridgehead atoms. The summed E-state index contributed by atoms with van der Waals surface area (Å²) in [6, 6.07) is 4.75. The third-order valence-corrected chi connectivity index (χ3v) is 3.88. The molecule has 124 valence electrons. The van der Waals surface area contributed by atoms with Gasteiger partial charge in [0.05, 0.1) is 5.02 Å². The maximum Gasteiger partial charge on any atom is 0.277 e. The number of ketones is 1. The van der Waals surface area contributed by atoms with E-state index >= 15 is 0 Å². The fraction of sp³-hybridized carbons (Fsp3) is 0.438. The highest BCUT2D eigenvalue weighted by molar-refractivity contribution is 6.35. The average Bonchev–Trinajstić information content (AvgIpc) is 2.42. The molecule has 1 aliphatic carbocycles. The Kier molecular flexibility index (Phi) is 5.65. The summed E-state index contributed by atoms with van der Waals surface area (Å²) < 4.78 is 5.32. The van der Waals surface area contributed by atoms with Crippen LogP contribution in [-0.4, -0.2) is 24.0 Å². The van der Waals surface area contributed by atoms with Gasteiger partial charge in [0.2, 0.25) is 0 Å². The smallest absolute Gasteiger partial charge is 0.277 e. The SMILES string of the molecule is CC1(C)CC(=O)C/C(=N\NC(=O)COc2ccc(Cl)cc2Cl)C1. The molecule has 23 heavy (non-hydrogen) atoms. The van der Waals surface area contributed by atoms with Crippen LogP contribution < -0.4 is 10.2 Å². The highest BCUT2D eigenvalue weighted by atomic mass is 35.5. The van der Waals surface area contributed by atoms with Gasteiger partial charge in [-0.1, -0.05) is 37.0 Å². The third-order valence-electron chi connectivity index (χ3n) is 3.35. The van der Waals surface area contributed by atoms with E-state index in [4.69, 9.17) is 27.9 Å². The zero-order valence-corrected chi connectivity index (χ0v) is 14.5. The van der Waals surface area contributed by atoms with Crippen LogP contribution >= 0.6 is 23.2 Å². The maximum atomic E-state index is 11.8. The van der Waals surface area contributed by atoms with Crippen molar-refractivity contribution in [1.82, 2.24) is 5.43 Å². The summed E-state index contributed by atoms with van der Waals surface area (Å²) in [4.78, 5) is 23.4. The fourth-order valence-corrected chi connectivity index (χ4v) is 2.95. The summed E-state index contributed by atoms with van der Waals surface area (Å²) in [5.41, 5.74) is 2.98. The second-order valence-corrected chi connectivity index (χ2v) is 7.15. The van der Waals surface area contributed by atoms with E-state index in [1.807, 2.05) is 13.8 Å². The molecule has 0 saturated heterocycles. The number of benzene rings is 1. The molecule has 5 nitrogen and oxygen atoms in total. The number of halogens is 2. The number of hydrogen-bond acceptors (Lipinski definition) is 4. The van der Waals surface area contributed by atoms with Crippen LogP contribution in [0.4, 0.5) is 0 Å². The van der Waals surface area contributed by atoms with Crippen molar-refractivity contribution in [2.45, 2.75) is 33.1 Å². The van der Waals surface area contributed by atoms with Crippen molar-refractivity contribution in [3.63, 3.8) is 0 Å². The van der Waals surface area contributed by atoms with Crippen molar-refractivity contribution in [3.05, 3.63) is 28.2 Å². The zero-order valence-electron chi connectivity index (χ0n) is 13.0. The zero-order chi connectivity index (χ0) is 17.0. The van der Waals surface area contributed by atoms with Crippen LogP contribution in [0.2, 0.25) is 10.0 Å². The topological polar surface area (TPSA) is 67.8 Å². The quantitative estimate of drug-likeness (QED) is 0.837. The Morgan fingerprint density at radius 1 is 1.35 bits per heavy atom. The maximum absolute atomic E-state index is 11.8. The number of rotatable bonds is 4. The van der Waals surface area contributed by atoms with Crippen LogP contribution in [0.1, 0.15) is 33.1 Å². The van der Waals surface area contributed by atoms with Gasteiger partial charge in [0.15, 0.2) is 6.61 Å². The van der Waals surface area contributed by atoms with E-state index in [2.05, 4.69) is 10.5 Å². The van der Waals surface area contributed by atoms with Crippen molar-refractivity contribution < 1.29 is 14.3 Å². The first-order chi connectivity index (χ1) is 10.7. The number of nitrogens with zero attached hydrogens (tertiary/aromatic N) is 1. The molecule has 1 aliphatic rings. The normalized spacial score (nSPS) is 18.8. The highest BCUT2D eigenvalue weighted by Crippen LogP contribution is 2.31. The van der Waals surface area contributed by atoms with Gasteiger partial charge >= 0.3 is 0 Å². The van der Waals surface area contributed by atoms with E-state index in [9.17, 15) is 9.59 Å². The lowest BCUT2D eigenvalue weighted by Crippen LogP contribution is -2.32. The number of carbonyl (C=O) groups is 2. The van der Waals surface area contributed by atoms with E-state index in [1.165, 1.54) is 6.07 Å². The lowest BCUT2D eigenvalue weighted by Gasteiger charge is -2.28. The number of hydrogen-bond donors (Lipinski definition) is 1. The number of amides is 1. The van der Waals surface area contributed by atoms with Gasteiger partial charge in [0.25, 0.3) is 5.91 Å². The predicted molar refractivity (Wildman–Crippen MR) is 90.2 cm³/mol. The van der Waals surface area contributed by atoms with Crippen molar-refractivity contribution in [1.29, 1.82) is 0 Å². The Morgan fingerprint density at radius 2 is 2.09 bits per heavy atom. The summed E-state index contributed by atoms with van der Waals surface area (Å²) in [5, 5.41) is 4.86. The molecule has 0 unspecified atom stereocenters. The van der Waals surface area contributed by atoms with E-state index < -0.39 is 5.91 Å². The minimum absolute atomic E-state index is 0.119. The minimum atomic E-state index is -0.417. The van der Waals surface area contributed by atoms with Gasteiger partial charge < -0.3 is 4.74 Å². The second kappa shape index (κ2) is 7.32. The van der Waals surface area contributed by atoms with Crippen molar-refractivity contribution >= 4 is 40.6 Å². The van der Waals surface area contributed by atoms with E-state index in [0.717, 1.165) is 0 Å². The molecule has 0 aromatic heterocycles. The minimum Gasteiger partial charge on any atom is -0.482 e. The Morgan fingerprint density at radius 3 is 2.74 bits per heavy atom. The lowest BCUT2D eigenvalue weighted by molar-refractivity contribution is -0.123. The monoisotopic (exact) mass is 356 g/mol. The van der Waals surface area contributed by atoms with Gasteiger partial charge in [-0.25, -0.2) is 5.43 Å². The van der Waals surface area contributed by atoms with Crippen LogP contribution in [0.3, 0.4) is 0 Å². The number of ether oxygens (including phenoxy) is 1. The molecule has 0 heterocycles. The van der Waals surface area contributed by atoms with Gasteiger partial charge in [0, 0.05) is 23.6 Å². The number of nitrogens with one attached hydrogen (secondary N) is 1. The lowest BCUT2D eigenvalue weighted by atomic mass is 9.76. The van der Waals surface area contributed by atoms with Crippen molar-refractivity contribution in [2.24, 2.45) is 10.5 Å². The predicted octanol–water partition coefficient (Wildman–Crippen LogP) is 3.62. The van der Waals surface area contributed by atoms with Crippen LogP contribution in [0.5, 0.6) is 5.75 Å². The first-order valence-corrected chi connectivity index (χ1v) is 7.95. The molecule has 1 amide bonds. The Balaban J connectivity index is 1.87. The highest BCUT2D eigenvalue weighted by Gasteiger charge is 2.30. The second-order valence-electron chi connectivity index (χ2n) is 6.31. The molecular formula is C16H18Cl2N2O3. The van der Waals surface area contributed by atoms with E-state index in [0.29, 0.717) is 34.3 Å². The molecule has 1 N–H and O–H groups in total. The average molecular weight is 357 g/mol. The van der Waals surface area contributed by atoms with Gasteiger partial charge in [-0.3, -0.25) is 9.59 Å². The number of hydrazone groups is 1. The molecule has 7 heteroatoms. The molecule has 2 rings (SSSR count). The standard InChI is InChI=1S/C16H18Cl2N2O3/c1-16(2)7-11(6-12(21)8-16)19-20-15(22)9-23-14-4-3-10(17)5-13(14)18/h3-5H,6-9H2,1-2H3,(H,20,22)/b19-11+. The molecule has 1 fully saturated rings. The molecule has 1 aromatic carbocycles. The molecular weight excluding hydrogens is 339 g/mol. The van der Waals surface area contributed by atoms with Crippen LogP contribution in [0.25, 0.3) is 0 Å².